The summed E-state index contributed by atoms with van der Waals surface area (Å²) in [6, 6.07) is 0. The van der Waals surface area contributed by atoms with Gasteiger partial charge in [0.15, 0.2) is 0 Å². The summed E-state index contributed by atoms with van der Waals surface area (Å²) in [6.45, 7) is 5.80. The van der Waals surface area contributed by atoms with Gasteiger partial charge in [-0.25, -0.2) is 0 Å². The number of nitrogens with zero attached hydrogens (tertiary/aromatic N) is 7. The smallest absolute Gasteiger partial charge is 0.147 e. The quantitative estimate of drug-likeness (QED) is 0.834. The lowest BCUT2D eigenvalue weighted by molar-refractivity contribution is 0.200. The lowest BCUT2D eigenvalue weighted by Gasteiger charge is -2.27. The second-order valence-corrected chi connectivity index (χ2v) is 6.06. The summed E-state index contributed by atoms with van der Waals surface area (Å²) in [5.41, 5.74) is 0. The molecule has 0 atom stereocenters. The monoisotopic (exact) mass is 287 g/mol. The van der Waals surface area contributed by atoms with Crippen LogP contribution >= 0.6 is 0 Å². The normalized spacial score (nSPS) is 19.0. The first-order valence-corrected chi connectivity index (χ1v) is 7.77. The van der Waals surface area contributed by atoms with Gasteiger partial charge in [0, 0.05) is 32.5 Å². The van der Waals surface area contributed by atoms with E-state index in [0.717, 1.165) is 55.9 Å². The van der Waals surface area contributed by atoms with Gasteiger partial charge in [-0.3, -0.25) is 4.90 Å². The first-order valence-electron chi connectivity index (χ1n) is 7.77. The molecule has 0 spiro atoms. The summed E-state index contributed by atoms with van der Waals surface area (Å²) in [5, 5.41) is 17.3. The van der Waals surface area contributed by atoms with Crippen LogP contribution in [0.1, 0.15) is 49.0 Å². The Kier molecular flexibility index (Phi) is 3.02. The van der Waals surface area contributed by atoms with E-state index < -0.39 is 0 Å². The Morgan fingerprint density at radius 3 is 2.62 bits per heavy atom. The molecule has 0 N–H and O–H groups in total. The summed E-state index contributed by atoms with van der Waals surface area (Å²) in [7, 11) is 2.09. The molecular formula is C14H21N7. The Morgan fingerprint density at radius 1 is 1.05 bits per heavy atom. The number of hydrogen-bond donors (Lipinski definition) is 0. The van der Waals surface area contributed by atoms with Gasteiger partial charge in [-0.2, -0.15) is 0 Å². The molecule has 2 aromatic heterocycles. The Morgan fingerprint density at radius 2 is 1.86 bits per heavy atom. The SMILES string of the molecule is CCc1nnc2n1CCN(Cc1nnc(C3CC3)n1C)C2. The second kappa shape index (κ2) is 4.91. The molecule has 1 fully saturated rings. The molecule has 0 saturated heterocycles. The molecule has 0 bridgehead atoms. The van der Waals surface area contributed by atoms with Crippen molar-refractivity contribution in [2.45, 2.75) is 51.7 Å². The molecule has 3 heterocycles. The third-order valence-electron chi connectivity index (χ3n) is 4.53. The molecule has 2 aliphatic rings. The molecule has 1 aliphatic heterocycles. The average molecular weight is 287 g/mol. The van der Waals surface area contributed by atoms with Crippen LogP contribution in [0.25, 0.3) is 0 Å². The summed E-state index contributed by atoms with van der Waals surface area (Å²) >= 11 is 0. The minimum atomic E-state index is 0.646. The van der Waals surface area contributed by atoms with Crippen LogP contribution in [0.15, 0.2) is 0 Å². The zero-order valence-corrected chi connectivity index (χ0v) is 12.7. The maximum atomic E-state index is 4.38. The van der Waals surface area contributed by atoms with E-state index in [9.17, 15) is 0 Å². The van der Waals surface area contributed by atoms with Crippen molar-refractivity contribution in [2.24, 2.45) is 7.05 Å². The first kappa shape index (κ1) is 12.9. The van der Waals surface area contributed by atoms with Crippen molar-refractivity contribution in [1.29, 1.82) is 0 Å². The van der Waals surface area contributed by atoms with Gasteiger partial charge in [0.25, 0.3) is 0 Å². The molecule has 0 radical (unpaired) electrons. The van der Waals surface area contributed by atoms with Crippen LogP contribution < -0.4 is 0 Å². The van der Waals surface area contributed by atoms with Gasteiger partial charge >= 0.3 is 0 Å². The molecule has 2 aromatic rings. The van der Waals surface area contributed by atoms with Crippen LogP contribution in [0.3, 0.4) is 0 Å². The largest absolute Gasteiger partial charge is 0.317 e. The van der Waals surface area contributed by atoms with E-state index in [2.05, 4.69) is 48.4 Å². The molecule has 7 nitrogen and oxygen atoms in total. The third-order valence-corrected chi connectivity index (χ3v) is 4.53. The highest BCUT2D eigenvalue weighted by Crippen LogP contribution is 2.38. The molecule has 21 heavy (non-hydrogen) atoms. The number of aromatic nitrogens is 6. The molecule has 1 saturated carbocycles. The summed E-state index contributed by atoms with van der Waals surface area (Å²) < 4.78 is 4.43. The Hall–Kier alpha value is -1.76. The predicted octanol–water partition coefficient (Wildman–Crippen LogP) is 0.862. The van der Waals surface area contributed by atoms with Crippen LogP contribution in [-0.2, 0) is 33.1 Å². The zero-order chi connectivity index (χ0) is 14.4. The topological polar surface area (TPSA) is 64.7 Å². The van der Waals surface area contributed by atoms with Crippen LogP contribution in [0, 0.1) is 0 Å². The minimum absolute atomic E-state index is 0.646. The molecule has 0 amide bonds. The van der Waals surface area contributed by atoms with E-state index in [-0.39, 0.29) is 0 Å². The predicted molar refractivity (Wildman–Crippen MR) is 76.5 cm³/mol. The molecule has 0 aromatic carbocycles. The van der Waals surface area contributed by atoms with E-state index in [4.69, 9.17) is 0 Å². The van der Waals surface area contributed by atoms with Gasteiger partial charge in [0.1, 0.15) is 23.3 Å². The van der Waals surface area contributed by atoms with E-state index in [1.807, 2.05) is 0 Å². The fourth-order valence-electron chi connectivity index (χ4n) is 3.07. The fraction of sp³-hybridized carbons (Fsp3) is 0.714. The summed E-state index contributed by atoms with van der Waals surface area (Å²) in [6.07, 6.45) is 3.47. The Bertz CT molecular complexity index is 652. The van der Waals surface area contributed by atoms with Crippen molar-refractivity contribution in [2.75, 3.05) is 6.54 Å². The molecule has 4 rings (SSSR count). The number of rotatable bonds is 4. The Balaban J connectivity index is 1.48. The number of aryl methyl sites for hydroxylation is 1. The maximum Gasteiger partial charge on any atom is 0.147 e. The standard InChI is InChI=1S/C14H21N7/c1-3-11-15-17-13-9-20(6-7-21(11)13)8-12-16-18-14(19(12)2)10-4-5-10/h10H,3-9H2,1-2H3. The van der Waals surface area contributed by atoms with Crippen molar-refractivity contribution in [3.63, 3.8) is 0 Å². The van der Waals surface area contributed by atoms with Gasteiger partial charge in [-0.1, -0.05) is 6.92 Å². The fourth-order valence-corrected chi connectivity index (χ4v) is 3.07. The van der Waals surface area contributed by atoms with Gasteiger partial charge in [-0.05, 0) is 12.8 Å². The van der Waals surface area contributed by atoms with E-state index >= 15 is 0 Å². The highest BCUT2D eigenvalue weighted by atomic mass is 15.4. The lowest BCUT2D eigenvalue weighted by Crippen LogP contribution is -2.34. The van der Waals surface area contributed by atoms with Gasteiger partial charge in [-0.15, -0.1) is 20.4 Å². The number of hydrogen-bond acceptors (Lipinski definition) is 5. The highest BCUT2D eigenvalue weighted by molar-refractivity contribution is 5.08. The average Bonchev–Trinajstić information content (AvgIpc) is 3.16. The molecular weight excluding hydrogens is 266 g/mol. The van der Waals surface area contributed by atoms with E-state index in [1.54, 1.807) is 0 Å². The second-order valence-electron chi connectivity index (χ2n) is 6.06. The zero-order valence-electron chi connectivity index (χ0n) is 12.7. The van der Waals surface area contributed by atoms with Crippen LogP contribution in [0.5, 0.6) is 0 Å². The molecule has 0 unspecified atom stereocenters. The van der Waals surface area contributed by atoms with Crippen LogP contribution in [-0.4, -0.2) is 41.0 Å². The van der Waals surface area contributed by atoms with E-state index in [0.29, 0.717) is 5.92 Å². The minimum Gasteiger partial charge on any atom is -0.317 e. The van der Waals surface area contributed by atoms with Gasteiger partial charge in [0.05, 0.1) is 13.1 Å². The Labute approximate surface area is 124 Å². The van der Waals surface area contributed by atoms with Crippen molar-refractivity contribution in [1.82, 2.24) is 34.4 Å². The summed E-state index contributed by atoms with van der Waals surface area (Å²) in [5.74, 6) is 5.02. The van der Waals surface area contributed by atoms with Crippen molar-refractivity contribution in [3.05, 3.63) is 23.3 Å². The molecule has 112 valence electrons. The van der Waals surface area contributed by atoms with Gasteiger partial charge in [0.2, 0.25) is 0 Å². The highest BCUT2D eigenvalue weighted by Gasteiger charge is 2.30. The van der Waals surface area contributed by atoms with Crippen molar-refractivity contribution in [3.8, 4) is 0 Å². The third kappa shape index (κ3) is 2.25. The first-order chi connectivity index (χ1) is 10.3. The van der Waals surface area contributed by atoms with Crippen LogP contribution in [0.4, 0.5) is 0 Å². The maximum absolute atomic E-state index is 4.38. The van der Waals surface area contributed by atoms with Gasteiger partial charge < -0.3 is 9.13 Å². The van der Waals surface area contributed by atoms with Crippen molar-refractivity contribution >= 4 is 0 Å². The van der Waals surface area contributed by atoms with E-state index in [1.165, 1.54) is 12.8 Å². The van der Waals surface area contributed by atoms with Crippen LogP contribution in [0.2, 0.25) is 0 Å². The van der Waals surface area contributed by atoms with Crippen molar-refractivity contribution < 1.29 is 0 Å². The molecule has 1 aliphatic carbocycles. The number of fused-ring (bicyclic) bond motifs is 1. The molecule has 7 heteroatoms. The lowest BCUT2D eigenvalue weighted by atomic mass is 10.3. The summed E-state index contributed by atoms with van der Waals surface area (Å²) in [4.78, 5) is 2.38.